The van der Waals surface area contributed by atoms with E-state index in [4.69, 9.17) is 10.8 Å². The first-order valence-electron chi connectivity index (χ1n) is 6.60. The molecule has 118 valence electrons. The summed E-state index contributed by atoms with van der Waals surface area (Å²) in [6, 6.07) is 12.3. The van der Waals surface area contributed by atoms with E-state index in [1.807, 2.05) is 31.2 Å². The van der Waals surface area contributed by atoms with Gasteiger partial charge in [-0.2, -0.15) is 0 Å². The Morgan fingerprint density at radius 2 is 1.91 bits per heavy atom. The first-order valence-corrected chi connectivity index (χ1v) is 6.60. The standard InChI is InChI=1S/C16H18FN3O.HI/c1-11-2-5-14(6-3-11)20-16(18)19-9-12-4-7-15(17)13(8-12)10-21;/h2-8,21H,9-10H2,1H3,(H3,18,19,20);1H. The third-order valence-electron chi connectivity index (χ3n) is 3.04. The van der Waals surface area contributed by atoms with Crippen LogP contribution < -0.4 is 11.1 Å². The molecule has 0 aliphatic rings. The van der Waals surface area contributed by atoms with Crippen LogP contribution in [0.15, 0.2) is 47.5 Å². The van der Waals surface area contributed by atoms with E-state index in [9.17, 15) is 4.39 Å². The van der Waals surface area contributed by atoms with Crippen LogP contribution in [0.25, 0.3) is 0 Å². The summed E-state index contributed by atoms with van der Waals surface area (Å²) in [4.78, 5) is 4.20. The van der Waals surface area contributed by atoms with E-state index in [1.165, 1.54) is 11.6 Å². The zero-order valence-corrected chi connectivity index (χ0v) is 14.5. The molecule has 0 heterocycles. The number of guanidine groups is 1. The van der Waals surface area contributed by atoms with Crippen molar-refractivity contribution in [1.29, 1.82) is 0 Å². The lowest BCUT2D eigenvalue weighted by molar-refractivity contribution is 0.275. The van der Waals surface area contributed by atoms with Gasteiger partial charge >= 0.3 is 0 Å². The maximum absolute atomic E-state index is 13.3. The number of anilines is 1. The van der Waals surface area contributed by atoms with Crippen LogP contribution in [0.3, 0.4) is 0 Å². The Hall–Kier alpha value is -1.67. The predicted molar refractivity (Wildman–Crippen MR) is 97.9 cm³/mol. The number of nitrogens with two attached hydrogens (primary N) is 1. The topological polar surface area (TPSA) is 70.6 Å². The number of aryl methyl sites for hydroxylation is 1. The van der Waals surface area contributed by atoms with E-state index < -0.39 is 5.82 Å². The van der Waals surface area contributed by atoms with Crippen molar-refractivity contribution in [1.82, 2.24) is 0 Å². The van der Waals surface area contributed by atoms with Gasteiger partial charge in [-0.05, 0) is 36.8 Å². The average Bonchev–Trinajstić information content (AvgIpc) is 2.49. The number of aliphatic hydroxyl groups excluding tert-OH is 1. The Morgan fingerprint density at radius 1 is 1.23 bits per heavy atom. The molecule has 0 bridgehead atoms. The van der Waals surface area contributed by atoms with E-state index in [0.29, 0.717) is 6.54 Å². The van der Waals surface area contributed by atoms with Crippen LogP contribution in [0.4, 0.5) is 10.1 Å². The fourth-order valence-corrected chi connectivity index (χ4v) is 1.85. The Balaban J connectivity index is 0.00000242. The Morgan fingerprint density at radius 3 is 2.55 bits per heavy atom. The predicted octanol–water partition coefficient (Wildman–Crippen LogP) is 3.17. The summed E-state index contributed by atoms with van der Waals surface area (Å²) in [5, 5.41) is 12.0. The van der Waals surface area contributed by atoms with Gasteiger partial charge in [0.2, 0.25) is 0 Å². The Kier molecular flexibility index (Phi) is 7.26. The summed E-state index contributed by atoms with van der Waals surface area (Å²) < 4.78 is 13.3. The van der Waals surface area contributed by atoms with Crippen molar-refractivity contribution < 1.29 is 9.50 Å². The third-order valence-corrected chi connectivity index (χ3v) is 3.04. The van der Waals surface area contributed by atoms with E-state index >= 15 is 0 Å². The molecular formula is C16H19FIN3O. The highest BCUT2D eigenvalue weighted by Crippen LogP contribution is 2.12. The molecule has 2 aromatic rings. The maximum Gasteiger partial charge on any atom is 0.193 e. The average molecular weight is 415 g/mol. The van der Waals surface area contributed by atoms with Crippen molar-refractivity contribution in [2.75, 3.05) is 5.32 Å². The molecule has 2 aromatic carbocycles. The SMILES string of the molecule is Cc1ccc(NC(N)=NCc2ccc(F)c(CO)c2)cc1.I. The lowest BCUT2D eigenvalue weighted by atomic mass is 10.1. The zero-order valence-electron chi connectivity index (χ0n) is 12.2. The maximum atomic E-state index is 13.3. The molecule has 0 aliphatic carbocycles. The first kappa shape index (κ1) is 18.4. The number of nitrogens with one attached hydrogen (secondary N) is 1. The van der Waals surface area contributed by atoms with Crippen LogP contribution >= 0.6 is 24.0 Å². The van der Waals surface area contributed by atoms with Crippen molar-refractivity contribution in [3.63, 3.8) is 0 Å². The first-order chi connectivity index (χ1) is 10.1. The quantitative estimate of drug-likeness (QED) is 0.408. The molecule has 0 aromatic heterocycles. The van der Waals surface area contributed by atoms with Crippen LogP contribution in [0.2, 0.25) is 0 Å². The molecule has 0 radical (unpaired) electrons. The third kappa shape index (κ3) is 5.27. The number of hydrogen-bond donors (Lipinski definition) is 3. The Labute approximate surface area is 146 Å². The second-order valence-electron chi connectivity index (χ2n) is 4.78. The molecule has 0 spiro atoms. The number of halogens is 2. The van der Waals surface area contributed by atoms with Gasteiger partial charge in [-0.25, -0.2) is 9.38 Å². The highest BCUT2D eigenvalue weighted by atomic mass is 127. The van der Waals surface area contributed by atoms with Gasteiger partial charge in [0.1, 0.15) is 5.82 Å². The van der Waals surface area contributed by atoms with Crippen LogP contribution in [0.1, 0.15) is 16.7 Å². The van der Waals surface area contributed by atoms with Gasteiger partial charge < -0.3 is 16.2 Å². The summed E-state index contributed by atoms with van der Waals surface area (Å²) in [6.45, 7) is 1.99. The molecular weight excluding hydrogens is 396 g/mol. The van der Waals surface area contributed by atoms with Gasteiger partial charge in [0, 0.05) is 11.3 Å². The van der Waals surface area contributed by atoms with Gasteiger partial charge in [0.05, 0.1) is 13.2 Å². The highest BCUT2D eigenvalue weighted by Gasteiger charge is 2.02. The summed E-state index contributed by atoms with van der Waals surface area (Å²) >= 11 is 0. The van der Waals surface area contributed by atoms with Gasteiger partial charge in [0.15, 0.2) is 5.96 Å². The smallest absolute Gasteiger partial charge is 0.193 e. The van der Waals surface area contributed by atoms with E-state index in [-0.39, 0.29) is 42.1 Å². The van der Waals surface area contributed by atoms with Crippen LogP contribution in [0, 0.1) is 12.7 Å². The summed E-state index contributed by atoms with van der Waals surface area (Å²) in [7, 11) is 0. The second kappa shape index (κ2) is 8.70. The minimum atomic E-state index is -0.420. The lowest BCUT2D eigenvalue weighted by Gasteiger charge is -2.06. The van der Waals surface area contributed by atoms with Gasteiger partial charge in [0.25, 0.3) is 0 Å². The fraction of sp³-hybridized carbons (Fsp3) is 0.188. The van der Waals surface area contributed by atoms with E-state index in [2.05, 4.69) is 10.3 Å². The van der Waals surface area contributed by atoms with Crippen LogP contribution in [-0.4, -0.2) is 11.1 Å². The molecule has 6 heteroatoms. The molecule has 4 N–H and O–H groups in total. The number of nitrogens with zero attached hydrogens (tertiary/aromatic N) is 1. The molecule has 2 rings (SSSR count). The molecule has 22 heavy (non-hydrogen) atoms. The molecule has 0 fully saturated rings. The van der Waals surface area contributed by atoms with Crippen molar-refractivity contribution in [2.24, 2.45) is 10.7 Å². The minimum Gasteiger partial charge on any atom is -0.392 e. The van der Waals surface area contributed by atoms with Gasteiger partial charge in [-0.3, -0.25) is 0 Å². The highest BCUT2D eigenvalue weighted by molar-refractivity contribution is 14.0. The molecule has 0 unspecified atom stereocenters. The van der Waals surface area contributed by atoms with Crippen molar-refractivity contribution >= 4 is 35.6 Å². The largest absolute Gasteiger partial charge is 0.392 e. The van der Waals surface area contributed by atoms with Crippen LogP contribution in [0.5, 0.6) is 0 Å². The summed E-state index contributed by atoms with van der Waals surface area (Å²) in [5.41, 5.74) is 8.87. The summed E-state index contributed by atoms with van der Waals surface area (Å²) in [6.07, 6.45) is 0. The lowest BCUT2D eigenvalue weighted by Crippen LogP contribution is -2.22. The number of rotatable bonds is 4. The van der Waals surface area contributed by atoms with Crippen molar-refractivity contribution in [3.8, 4) is 0 Å². The van der Waals surface area contributed by atoms with E-state index in [0.717, 1.165) is 11.3 Å². The molecule has 0 amide bonds. The number of aliphatic imine (C=N–C) groups is 1. The van der Waals surface area contributed by atoms with Crippen molar-refractivity contribution in [3.05, 3.63) is 65.0 Å². The molecule has 0 saturated heterocycles. The number of aliphatic hydroxyl groups is 1. The second-order valence-corrected chi connectivity index (χ2v) is 4.78. The van der Waals surface area contributed by atoms with E-state index in [1.54, 1.807) is 12.1 Å². The molecule has 0 saturated carbocycles. The zero-order chi connectivity index (χ0) is 15.2. The monoisotopic (exact) mass is 415 g/mol. The van der Waals surface area contributed by atoms with Crippen molar-refractivity contribution in [2.45, 2.75) is 20.1 Å². The van der Waals surface area contributed by atoms with Gasteiger partial charge in [-0.1, -0.05) is 23.8 Å². The number of hydrogen-bond acceptors (Lipinski definition) is 2. The summed E-state index contributed by atoms with van der Waals surface area (Å²) in [5.74, 6) is -0.135. The van der Waals surface area contributed by atoms with Crippen LogP contribution in [-0.2, 0) is 13.2 Å². The van der Waals surface area contributed by atoms with Gasteiger partial charge in [-0.15, -0.1) is 24.0 Å². The molecule has 0 atom stereocenters. The number of benzene rings is 2. The molecule has 4 nitrogen and oxygen atoms in total. The molecule has 0 aliphatic heterocycles. The Bertz CT molecular complexity index is 644. The normalized spacial score (nSPS) is 11.0. The fourth-order valence-electron chi connectivity index (χ4n) is 1.85. The minimum absolute atomic E-state index is 0.